The van der Waals surface area contributed by atoms with Crippen molar-refractivity contribution in [2.75, 3.05) is 6.54 Å². The highest BCUT2D eigenvalue weighted by molar-refractivity contribution is 5.83. The van der Waals surface area contributed by atoms with E-state index in [2.05, 4.69) is 5.32 Å². The number of nitrogens with two attached hydrogens (primary N) is 1. The van der Waals surface area contributed by atoms with Crippen LogP contribution in [0.5, 0.6) is 0 Å². The molecule has 0 saturated carbocycles. The van der Waals surface area contributed by atoms with Crippen LogP contribution in [0.2, 0.25) is 0 Å². The molecule has 0 aromatic carbocycles. The highest BCUT2D eigenvalue weighted by Gasteiger charge is 2.29. The minimum atomic E-state index is -0.898. The molecule has 0 aliphatic rings. The van der Waals surface area contributed by atoms with Gasteiger partial charge in [-0.2, -0.15) is 0 Å². The summed E-state index contributed by atoms with van der Waals surface area (Å²) in [6.45, 7) is 9.36. The van der Waals surface area contributed by atoms with Crippen LogP contribution in [0.4, 0.5) is 0 Å². The van der Waals surface area contributed by atoms with Crippen molar-refractivity contribution in [3.63, 3.8) is 0 Å². The van der Waals surface area contributed by atoms with E-state index in [1.54, 1.807) is 0 Å². The van der Waals surface area contributed by atoms with Gasteiger partial charge in [0.25, 0.3) is 0 Å². The van der Waals surface area contributed by atoms with E-state index in [-0.39, 0.29) is 23.8 Å². The van der Waals surface area contributed by atoms with Gasteiger partial charge < -0.3 is 16.2 Å². The van der Waals surface area contributed by atoms with Gasteiger partial charge in [0.15, 0.2) is 0 Å². The number of nitrogens with one attached hydrogen (secondary N) is 1. The Hall–Kier alpha value is -1.10. The molecule has 0 bridgehead atoms. The first-order valence-corrected chi connectivity index (χ1v) is 5.83. The Morgan fingerprint density at radius 3 is 2.06 bits per heavy atom. The van der Waals surface area contributed by atoms with Crippen LogP contribution in [0.3, 0.4) is 0 Å². The standard InChI is InChI=1S/C12H24N2O3/c1-7(2)8(11(16)17)6-14-10(15)9(13)12(3,4)5/h7-9H,6,13H2,1-5H3,(H,14,15)(H,16,17)/t8?,9-/m0/s1. The summed E-state index contributed by atoms with van der Waals surface area (Å²) in [7, 11) is 0. The molecule has 1 amide bonds. The summed E-state index contributed by atoms with van der Waals surface area (Å²) >= 11 is 0. The van der Waals surface area contributed by atoms with E-state index in [1.165, 1.54) is 0 Å². The van der Waals surface area contributed by atoms with Crippen molar-refractivity contribution >= 4 is 11.9 Å². The molecule has 0 aliphatic carbocycles. The van der Waals surface area contributed by atoms with Crippen molar-refractivity contribution in [1.82, 2.24) is 5.32 Å². The molecule has 100 valence electrons. The third-order valence-electron chi connectivity index (χ3n) is 2.83. The highest BCUT2D eigenvalue weighted by Crippen LogP contribution is 2.17. The molecule has 0 aromatic heterocycles. The van der Waals surface area contributed by atoms with Gasteiger partial charge in [0.1, 0.15) is 0 Å². The molecule has 2 atom stereocenters. The van der Waals surface area contributed by atoms with Crippen molar-refractivity contribution < 1.29 is 14.7 Å². The minimum Gasteiger partial charge on any atom is -0.481 e. The molecular weight excluding hydrogens is 220 g/mol. The maximum Gasteiger partial charge on any atom is 0.308 e. The molecule has 1 unspecified atom stereocenters. The fourth-order valence-corrected chi connectivity index (χ4v) is 1.32. The molecule has 0 radical (unpaired) electrons. The van der Waals surface area contributed by atoms with Gasteiger partial charge >= 0.3 is 5.97 Å². The summed E-state index contributed by atoms with van der Waals surface area (Å²) in [4.78, 5) is 22.6. The Morgan fingerprint density at radius 1 is 1.29 bits per heavy atom. The van der Waals surface area contributed by atoms with Crippen molar-refractivity contribution in [2.45, 2.75) is 40.7 Å². The molecule has 4 N–H and O–H groups in total. The van der Waals surface area contributed by atoms with Gasteiger partial charge in [-0.25, -0.2) is 0 Å². The maximum atomic E-state index is 11.7. The first kappa shape index (κ1) is 15.9. The number of hydrogen-bond donors (Lipinski definition) is 3. The zero-order valence-electron chi connectivity index (χ0n) is 11.3. The summed E-state index contributed by atoms with van der Waals surface area (Å²) in [5, 5.41) is 11.6. The van der Waals surface area contributed by atoms with Crippen LogP contribution in [-0.2, 0) is 9.59 Å². The molecule has 0 rings (SSSR count). The number of hydrogen-bond acceptors (Lipinski definition) is 3. The van der Waals surface area contributed by atoms with E-state index in [0.717, 1.165) is 0 Å². The topological polar surface area (TPSA) is 92.4 Å². The number of carboxylic acids is 1. The number of carbonyl (C=O) groups is 2. The maximum absolute atomic E-state index is 11.7. The predicted molar refractivity (Wildman–Crippen MR) is 66.4 cm³/mol. The molecular formula is C12H24N2O3. The van der Waals surface area contributed by atoms with Crippen LogP contribution in [0.1, 0.15) is 34.6 Å². The second-order valence-corrected chi connectivity index (χ2v) is 5.78. The molecule has 5 heteroatoms. The number of carboxylic acid groups (broad SMARTS) is 1. The van der Waals surface area contributed by atoms with Gasteiger partial charge in [-0.15, -0.1) is 0 Å². The summed E-state index contributed by atoms with van der Waals surface area (Å²) < 4.78 is 0. The first-order valence-electron chi connectivity index (χ1n) is 5.83. The molecule has 5 nitrogen and oxygen atoms in total. The number of aliphatic carboxylic acids is 1. The third-order valence-corrected chi connectivity index (χ3v) is 2.83. The van der Waals surface area contributed by atoms with E-state index in [0.29, 0.717) is 0 Å². The normalized spacial score (nSPS) is 15.5. The highest BCUT2D eigenvalue weighted by atomic mass is 16.4. The van der Waals surface area contributed by atoms with Gasteiger partial charge in [0.05, 0.1) is 12.0 Å². The number of rotatable bonds is 5. The minimum absolute atomic E-state index is 0.0290. The second kappa shape index (κ2) is 6.00. The Bertz CT molecular complexity index is 282. The number of carbonyl (C=O) groups excluding carboxylic acids is 1. The largest absolute Gasteiger partial charge is 0.481 e. The zero-order valence-corrected chi connectivity index (χ0v) is 11.3. The lowest BCUT2D eigenvalue weighted by Crippen LogP contribution is -2.50. The second-order valence-electron chi connectivity index (χ2n) is 5.78. The molecule has 0 aliphatic heterocycles. The Kier molecular flexibility index (Phi) is 5.61. The van der Waals surface area contributed by atoms with E-state index < -0.39 is 17.9 Å². The van der Waals surface area contributed by atoms with Crippen molar-refractivity contribution in [3.05, 3.63) is 0 Å². The van der Waals surface area contributed by atoms with Gasteiger partial charge in [-0.05, 0) is 11.3 Å². The Morgan fingerprint density at radius 2 is 1.76 bits per heavy atom. The lowest BCUT2D eigenvalue weighted by atomic mass is 9.86. The zero-order chi connectivity index (χ0) is 13.8. The lowest BCUT2D eigenvalue weighted by molar-refractivity contribution is -0.143. The smallest absolute Gasteiger partial charge is 0.308 e. The predicted octanol–water partition coefficient (Wildman–Crippen LogP) is 0.833. The van der Waals surface area contributed by atoms with E-state index >= 15 is 0 Å². The molecule has 17 heavy (non-hydrogen) atoms. The molecule has 0 heterocycles. The van der Waals surface area contributed by atoms with E-state index in [4.69, 9.17) is 10.8 Å². The monoisotopic (exact) mass is 244 g/mol. The molecule has 0 spiro atoms. The molecule has 0 saturated heterocycles. The Labute approximate surface area is 103 Å². The van der Waals surface area contributed by atoms with Crippen molar-refractivity contribution in [3.8, 4) is 0 Å². The van der Waals surface area contributed by atoms with Gasteiger partial charge in [-0.3, -0.25) is 9.59 Å². The van der Waals surface area contributed by atoms with E-state index in [9.17, 15) is 9.59 Å². The van der Waals surface area contributed by atoms with E-state index in [1.807, 2.05) is 34.6 Å². The van der Waals surface area contributed by atoms with Crippen molar-refractivity contribution in [2.24, 2.45) is 23.0 Å². The van der Waals surface area contributed by atoms with Gasteiger partial charge in [0, 0.05) is 6.54 Å². The van der Waals surface area contributed by atoms with Crippen molar-refractivity contribution in [1.29, 1.82) is 0 Å². The van der Waals surface area contributed by atoms with Crippen LogP contribution in [-0.4, -0.2) is 29.6 Å². The fourth-order valence-electron chi connectivity index (χ4n) is 1.32. The van der Waals surface area contributed by atoms with Crippen LogP contribution < -0.4 is 11.1 Å². The average molecular weight is 244 g/mol. The summed E-state index contributed by atoms with van der Waals surface area (Å²) in [5.74, 6) is -1.81. The average Bonchev–Trinajstić information content (AvgIpc) is 2.13. The summed E-state index contributed by atoms with van der Waals surface area (Å²) in [5.41, 5.74) is 5.44. The fraction of sp³-hybridized carbons (Fsp3) is 0.833. The summed E-state index contributed by atoms with van der Waals surface area (Å²) in [6, 6.07) is -0.635. The van der Waals surface area contributed by atoms with Gasteiger partial charge in [-0.1, -0.05) is 34.6 Å². The van der Waals surface area contributed by atoms with Gasteiger partial charge in [0.2, 0.25) is 5.91 Å². The lowest BCUT2D eigenvalue weighted by Gasteiger charge is -2.26. The van der Waals surface area contributed by atoms with Crippen LogP contribution in [0.15, 0.2) is 0 Å². The molecule has 0 fully saturated rings. The first-order chi connectivity index (χ1) is 7.57. The number of amides is 1. The van der Waals surface area contributed by atoms with Crippen LogP contribution in [0.25, 0.3) is 0 Å². The van der Waals surface area contributed by atoms with Crippen LogP contribution >= 0.6 is 0 Å². The quantitative estimate of drug-likeness (QED) is 0.668. The Balaban J connectivity index is 4.37. The van der Waals surface area contributed by atoms with Crippen LogP contribution in [0, 0.1) is 17.3 Å². The SMILES string of the molecule is CC(C)C(CNC(=O)[C@H](N)C(C)(C)C)C(=O)O. The molecule has 0 aromatic rings. The summed E-state index contributed by atoms with van der Waals surface area (Å²) in [6.07, 6.45) is 0. The third kappa shape index (κ3) is 5.17.